The van der Waals surface area contributed by atoms with Gasteiger partial charge in [0.25, 0.3) is 5.91 Å². The molecule has 0 saturated heterocycles. The van der Waals surface area contributed by atoms with Gasteiger partial charge in [-0.05, 0) is 37.0 Å². The van der Waals surface area contributed by atoms with Crippen LogP contribution in [0.25, 0.3) is 0 Å². The van der Waals surface area contributed by atoms with Crippen molar-refractivity contribution in [3.63, 3.8) is 0 Å². The number of benzene rings is 1. The molecule has 0 saturated carbocycles. The molecule has 0 spiro atoms. The number of anilines is 1. The van der Waals surface area contributed by atoms with Crippen molar-refractivity contribution in [2.24, 2.45) is 0 Å². The molecule has 0 aliphatic carbocycles. The minimum absolute atomic E-state index is 0.0961. The third-order valence-electron chi connectivity index (χ3n) is 3.96. The fourth-order valence-electron chi connectivity index (χ4n) is 3.00. The molecule has 108 valence electrons. The summed E-state index contributed by atoms with van der Waals surface area (Å²) >= 11 is 0. The van der Waals surface area contributed by atoms with Gasteiger partial charge < -0.3 is 4.90 Å². The van der Waals surface area contributed by atoms with Crippen molar-refractivity contribution in [3.8, 4) is 0 Å². The molecule has 0 N–H and O–H groups in total. The number of fused-ring (bicyclic) bond motifs is 1. The topological polar surface area (TPSA) is 46.1 Å². The van der Waals surface area contributed by atoms with Crippen molar-refractivity contribution in [1.29, 1.82) is 0 Å². The Morgan fingerprint density at radius 3 is 2.76 bits per heavy atom. The van der Waals surface area contributed by atoms with Gasteiger partial charge in [-0.15, -0.1) is 0 Å². The fraction of sp³-hybridized carbons (Fsp3) is 0.353. The molecular formula is C17H19N3O. The number of aromatic nitrogens is 2. The van der Waals surface area contributed by atoms with Crippen LogP contribution in [0.2, 0.25) is 0 Å². The molecular weight excluding hydrogens is 262 g/mol. The third-order valence-corrected chi connectivity index (χ3v) is 3.96. The quantitative estimate of drug-likeness (QED) is 0.867. The maximum Gasteiger partial charge on any atom is 0.296 e. The van der Waals surface area contributed by atoms with Gasteiger partial charge in [0, 0.05) is 24.1 Å². The van der Waals surface area contributed by atoms with Gasteiger partial charge in [-0.25, -0.2) is 9.97 Å². The molecule has 1 amide bonds. The van der Waals surface area contributed by atoms with E-state index in [4.69, 9.17) is 0 Å². The molecule has 2 heterocycles. The van der Waals surface area contributed by atoms with E-state index in [-0.39, 0.29) is 17.8 Å². The molecule has 0 fully saturated rings. The second-order valence-electron chi connectivity index (χ2n) is 5.36. The van der Waals surface area contributed by atoms with Crippen LogP contribution in [0.3, 0.4) is 0 Å². The minimum Gasteiger partial charge on any atom is -0.302 e. The van der Waals surface area contributed by atoms with E-state index in [1.807, 2.05) is 23.1 Å². The minimum atomic E-state index is -0.0961. The molecule has 1 aliphatic heterocycles. The molecule has 3 rings (SSSR count). The van der Waals surface area contributed by atoms with Gasteiger partial charge in [-0.3, -0.25) is 4.79 Å². The number of carbonyl (C=O) groups excluding carboxylic acids is 1. The monoisotopic (exact) mass is 281 g/mol. The highest BCUT2D eigenvalue weighted by molar-refractivity contribution is 6.04. The highest BCUT2D eigenvalue weighted by Gasteiger charge is 2.31. The first-order valence-corrected chi connectivity index (χ1v) is 7.49. The maximum atomic E-state index is 12.8. The number of amides is 1. The smallest absolute Gasteiger partial charge is 0.296 e. The summed E-state index contributed by atoms with van der Waals surface area (Å²) in [6.07, 6.45) is 7.33. The summed E-state index contributed by atoms with van der Waals surface area (Å²) in [5.41, 5.74) is 2.24. The predicted molar refractivity (Wildman–Crippen MR) is 82.3 cm³/mol. The Labute approximate surface area is 124 Å². The number of rotatable bonds is 3. The standard InChI is InChI=1S/C17H19N3O/c1-2-6-14-10-9-13-7-3-4-8-15(13)20(14)17(21)16-18-11-5-12-19-16/h3-5,7-8,11-12,14H,2,6,9-10H2,1H3/t14-/m0/s1. The molecule has 0 unspecified atom stereocenters. The van der Waals surface area contributed by atoms with Crippen LogP contribution in [0.15, 0.2) is 42.7 Å². The molecule has 4 nitrogen and oxygen atoms in total. The highest BCUT2D eigenvalue weighted by Crippen LogP contribution is 2.33. The Morgan fingerprint density at radius 1 is 1.24 bits per heavy atom. The summed E-state index contributed by atoms with van der Waals surface area (Å²) in [6.45, 7) is 2.15. The molecule has 0 bridgehead atoms. The zero-order valence-corrected chi connectivity index (χ0v) is 12.2. The molecule has 4 heteroatoms. The van der Waals surface area contributed by atoms with Gasteiger partial charge in [-0.2, -0.15) is 0 Å². The summed E-state index contributed by atoms with van der Waals surface area (Å²) in [5, 5.41) is 0. The van der Waals surface area contributed by atoms with Gasteiger partial charge >= 0.3 is 0 Å². The van der Waals surface area contributed by atoms with E-state index in [0.717, 1.165) is 31.4 Å². The second-order valence-corrected chi connectivity index (χ2v) is 5.36. The van der Waals surface area contributed by atoms with Crippen LogP contribution < -0.4 is 4.90 Å². The molecule has 1 atom stereocenters. The van der Waals surface area contributed by atoms with Crippen LogP contribution in [0, 0.1) is 0 Å². The van der Waals surface area contributed by atoms with Crippen molar-refractivity contribution in [1.82, 2.24) is 9.97 Å². The third kappa shape index (κ3) is 2.66. The summed E-state index contributed by atoms with van der Waals surface area (Å²) in [6, 6.07) is 10.1. The highest BCUT2D eigenvalue weighted by atomic mass is 16.2. The van der Waals surface area contributed by atoms with Gasteiger partial charge in [0.05, 0.1) is 0 Å². The van der Waals surface area contributed by atoms with Crippen LogP contribution >= 0.6 is 0 Å². The molecule has 1 aliphatic rings. The Hall–Kier alpha value is -2.23. The average Bonchev–Trinajstić information content (AvgIpc) is 2.55. The normalized spacial score (nSPS) is 17.4. The first-order valence-electron chi connectivity index (χ1n) is 7.49. The predicted octanol–water partition coefficient (Wildman–Crippen LogP) is 3.24. The van der Waals surface area contributed by atoms with Gasteiger partial charge in [0.15, 0.2) is 0 Å². The van der Waals surface area contributed by atoms with E-state index >= 15 is 0 Å². The first-order chi connectivity index (χ1) is 10.3. The van der Waals surface area contributed by atoms with Crippen LogP contribution in [-0.2, 0) is 6.42 Å². The van der Waals surface area contributed by atoms with Gasteiger partial charge in [0.2, 0.25) is 5.82 Å². The largest absolute Gasteiger partial charge is 0.302 e. The maximum absolute atomic E-state index is 12.8. The second kappa shape index (κ2) is 6.04. The lowest BCUT2D eigenvalue weighted by atomic mass is 9.93. The summed E-state index contributed by atoms with van der Waals surface area (Å²) in [5.74, 6) is 0.177. The lowest BCUT2D eigenvalue weighted by Crippen LogP contribution is -2.44. The van der Waals surface area contributed by atoms with Crippen LogP contribution in [-0.4, -0.2) is 21.9 Å². The van der Waals surface area contributed by atoms with E-state index < -0.39 is 0 Å². The van der Waals surface area contributed by atoms with Crippen LogP contribution in [0.5, 0.6) is 0 Å². The number of aryl methyl sites for hydroxylation is 1. The van der Waals surface area contributed by atoms with E-state index in [2.05, 4.69) is 23.0 Å². The SMILES string of the molecule is CCC[C@H]1CCc2ccccc2N1C(=O)c1ncccn1. The van der Waals surface area contributed by atoms with Crippen molar-refractivity contribution in [2.75, 3.05) is 4.90 Å². The number of hydrogen-bond acceptors (Lipinski definition) is 3. The molecule has 2 aromatic rings. The number of hydrogen-bond donors (Lipinski definition) is 0. The van der Waals surface area contributed by atoms with E-state index in [0.29, 0.717) is 0 Å². The molecule has 1 aromatic heterocycles. The summed E-state index contributed by atoms with van der Waals surface area (Å²) in [7, 11) is 0. The number of carbonyl (C=O) groups is 1. The molecule has 1 aromatic carbocycles. The summed E-state index contributed by atoms with van der Waals surface area (Å²) in [4.78, 5) is 23.0. The summed E-state index contributed by atoms with van der Waals surface area (Å²) < 4.78 is 0. The van der Waals surface area contributed by atoms with Crippen molar-refractivity contribution < 1.29 is 4.79 Å². The zero-order valence-electron chi connectivity index (χ0n) is 12.2. The van der Waals surface area contributed by atoms with Crippen LogP contribution in [0.1, 0.15) is 42.4 Å². The van der Waals surface area contributed by atoms with E-state index in [9.17, 15) is 4.79 Å². The van der Waals surface area contributed by atoms with Crippen molar-refractivity contribution in [2.45, 2.75) is 38.6 Å². The fourth-order valence-corrected chi connectivity index (χ4v) is 3.00. The average molecular weight is 281 g/mol. The zero-order chi connectivity index (χ0) is 14.7. The van der Waals surface area contributed by atoms with Crippen LogP contribution in [0.4, 0.5) is 5.69 Å². The van der Waals surface area contributed by atoms with Gasteiger partial charge in [-0.1, -0.05) is 31.5 Å². The first kappa shape index (κ1) is 13.7. The van der Waals surface area contributed by atoms with Crippen molar-refractivity contribution in [3.05, 3.63) is 54.1 Å². The number of nitrogens with zero attached hydrogens (tertiary/aromatic N) is 3. The Bertz CT molecular complexity index is 627. The Morgan fingerprint density at radius 2 is 2.00 bits per heavy atom. The number of para-hydroxylation sites is 1. The van der Waals surface area contributed by atoms with E-state index in [1.54, 1.807) is 18.5 Å². The molecule has 0 radical (unpaired) electrons. The molecule has 21 heavy (non-hydrogen) atoms. The lowest BCUT2D eigenvalue weighted by molar-refractivity contribution is 0.0961. The van der Waals surface area contributed by atoms with E-state index in [1.165, 1.54) is 5.56 Å². The Kier molecular flexibility index (Phi) is 3.95. The van der Waals surface area contributed by atoms with Crippen molar-refractivity contribution >= 4 is 11.6 Å². The Balaban J connectivity index is 2.01. The van der Waals surface area contributed by atoms with Gasteiger partial charge in [0.1, 0.15) is 0 Å². The lowest BCUT2D eigenvalue weighted by Gasteiger charge is -2.36.